The van der Waals surface area contributed by atoms with Crippen LogP contribution in [-0.4, -0.2) is 24.4 Å². The molecule has 0 aliphatic heterocycles. The Balaban J connectivity index is 3.19. The summed E-state index contributed by atoms with van der Waals surface area (Å²) in [6.45, 7) is 8.88. The summed E-state index contributed by atoms with van der Waals surface area (Å²) in [4.78, 5) is 0. The molecule has 0 radical (unpaired) electrons. The number of aliphatic hydroxyl groups excluding tert-OH is 1. The number of ether oxygens (including phenoxy) is 1. The van der Waals surface area contributed by atoms with Crippen molar-refractivity contribution in [2.75, 3.05) is 13.2 Å². The molecule has 0 fully saturated rings. The number of aliphatic hydroxyl groups is 1. The number of hydrogen-bond donors (Lipinski definition) is 2. The van der Waals surface area contributed by atoms with Crippen LogP contribution in [0.5, 0.6) is 5.75 Å². The van der Waals surface area contributed by atoms with Crippen LogP contribution >= 0.6 is 11.6 Å². The fourth-order valence-corrected chi connectivity index (χ4v) is 2.60. The van der Waals surface area contributed by atoms with E-state index >= 15 is 0 Å². The van der Waals surface area contributed by atoms with Crippen molar-refractivity contribution in [3.05, 3.63) is 27.8 Å². The summed E-state index contributed by atoms with van der Waals surface area (Å²) in [6, 6.07) is 1.97. The van der Waals surface area contributed by atoms with Crippen molar-refractivity contribution < 1.29 is 9.84 Å². The monoisotopic (exact) mass is 285 g/mol. The highest BCUT2D eigenvalue weighted by Gasteiger charge is 2.20. The first-order valence-electron chi connectivity index (χ1n) is 6.72. The molecule has 0 aliphatic rings. The van der Waals surface area contributed by atoms with Gasteiger partial charge in [0.15, 0.2) is 0 Å². The lowest BCUT2D eigenvalue weighted by molar-refractivity contribution is 0.164. The Morgan fingerprint density at radius 1 is 1.42 bits per heavy atom. The van der Waals surface area contributed by atoms with Gasteiger partial charge in [-0.1, -0.05) is 18.5 Å². The zero-order valence-electron chi connectivity index (χ0n) is 12.2. The van der Waals surface area contributed by atoms with Crippen LogP contribution in [0.4, 0.5) is 0 Å². The maximum absolute atomic E-state index is 9.73. The molecule has 0 aromatic heterocycles. The van der Waals surface area contributed by atoms with Gasteiger partial charge in [0.2, 0.25) is 0 Å². The van der Waals surface area contributed by atoms with Gasteiger partial charge in [-0.25, -0.2) is 0 Å². The first-order chi connectivity index (χ1) is 8.92. The third-order valence-electron chi connectivity index (χ3n) is 3.38. The summed E-state index contributed by atoms with van der Waals surface area (Å²) in [6.07, 6.45) is 0.112. The molecule has 0 saturated carbocycles. The van der Waals surface area contributed by atoms with Crippen LogP contribution in [-0.2, 0) is 0 Å². The molecule has 0 saturated heterocycles. The number of rotatable bonds is 6. The normalized spacial score (nSPS) is 14.3. The molecule has 2 unspecified atom stereocenters. The lowest BCUT2D eigenvalue weighted by Crippen LogP contribution is -2.22. The molecule has 4 heteroatoms. The zero-order valence-corrected chi connectivity index (χ0v) is 12.9. The van der Waals surface area contributed by atoms with Crippen LogP contribution in [0.1, 0.15) is 42.9 Å². The Hall–Kier alpha value is -0.770. The molecule has 0 amide bonds. The highest BCUT2D eigenvalue weighted by molar-refractivity contribution is 6.32. The second kappa shape index (κ2) is 7.13. The smallest absolute Gasteiger partial charge is 0.123 e. The largest absolute Gasteiger partial charge is 0.494 e. The van der Waals surface area contributed by atoms with Crippen LogP contribution in [0.15, 0.2) is 6.07 Å². The van der Waals surface area contributed by atoms with Gasteiger partial charge in [0.1, 0.15) is 5.75 Å². The van der Waals surface area contributed by atoms with E-state index in [1.165, 1.54) is 0 Å². The number of aryl methyl sites for hydroxylation is 1. The van der Waals surface area contributed by atoms with E-state index < -0.39 is 6.10 Å². The van der Waals surface area contributed by atoms with Crippen molar-refractivity contribution in [1.29, 1.82) is 0 Å². The average molecular weight is 286 g/mol. The van der Waals surface area contributed by atoms with Crippen LogP contribution < -0.4 is 10.5 Å². The summed E-state index contributed by atoms with van der Waals surface area (Å²) in [5, 5.41) is 10.5. The van der Waals surface area contributed by atoms with E-state index in [0.717, 1.165) is 27.5 Å². The molecular weight excluding hydrogens is 262 g/mol. The lowest BCUT2D eigenvalue weighted by Gasteiger charge is -2.22. The van der Waals surface area contributed by atoms with Crippen LogP contribution in [0.2, 0.25) is 5.02 Å². The van der Waals surface area contributed by atoms with E-state index in [2.05, 4.69) is 6.92 Å². The predicted octanol–water partition coefficient (Wildman–Crippen LogP) is 3.17. The second-order valence-corrected chi connectivity index (χ2v) is 5.38. The Morgan fingerprint density at radius 3 is 2.58 bits per heavy atom. The molecule has 0 aliphatic carbocycles. The minimum Gasteiger partial charge on any atom is -0.494 e. The molecular formula is C15H24ClNO2. The Kier molecular flexibility index (Phi) is 6.11. The standard InChI is InChI=1S/C15H24ClNO2/c1-5-19-13-7-10(3)15(16)11(4)14(13)9(2)6-12(18)8-17/h7,9,12,18H,5-6,8,17H2,1-4H3. The lowest BCUT2D eigenvalue weighted by atomic mass is 9.89. The summed E-state index contributed by atoms with van der Waals surface area (Å²) >= 11 is 6.33. The highest BCUT2D eigenvalue weighted by Crippen LogP contribution is 2.38. The van der Waals surface area contributed by atoms with Crippen LogP contribution in [0.25, 0.3) is 0 Å². The molecule has 108 valence electrons. The van der Waals surface area contributed by atoms with Crippen molar-refractivity contribution in [2.45, 2.75) is 46.1 Å². The van der Waals surface area contributed by atoms with Gasteiger partial charge in [0, 0.05) is 17.1 Å². The van der Waals surface area contributed by atoms with Gasteiger partial charge in [-0.3, -0.25) is 0 Å². The van der Waals surface area contributed by atoms with Crippen LogP contribution in [0.3, 0.4) is 0 Å². The topological polar surface area (TPSA) is 55.5 Å². The molecule has 1 rings (SSSR count). The van der Waals surface area contributed by atoms with E-state index in [0.29, 0.717) is 13.0 Å². The fourth-order valence-electron chi connectivity index (χ4n) is 2.45. The summed E-state index contributed by atoms with van der Waals surface area (Å²) in [5.74, 6) is 1.01. The minimum absolute atomic E-state index is 0.151. The van der Waals surface area contributed by atoms with Crippen molar-refractivity contribution >= 4 is 11.6 Å². The van der Waals surface area contributed by atoms with Crippen molar-refractivity contribution in [3.8, 4) is 5.75 Å². The first kappa shape index (κ1) is 16.3. The van der Waals surface area contributed by atoms with E-state index in [4.69, 9.17) is 22.1 Å². The molecule has 0 bridgehead atoms. The van der Waals surface area contributed by atoms with Gasteiger partial charge >= 0.3 is 0 Å². The number of hydrogen-bond acceptors (Lipinski definition) is 3. The zero-order chi connectivity index (χ0) is 14.6. The maximum atomic E-state index is 9.73. The SMILES string of the molecule is CCOc1cc(C)c(Cl)c(C)c1C(C)CC(O)CN. The third-order valence-corrected chi connectivity index (χ3v) is 3.96. The molecule has 19 heavy (non-hydrogen) atoms. The van der Waals surface area contributed by atoms with Gasteiger partial charge in [0.05, 0.1) is 12.7 Å². The quantitative estimate of drug-likeness (QED) is 0.844. The van der Waals surface area contributed by atoms with E-state index in [9.17, 15) is 5.11 Å². The van der Waals surface area contributed by atoms with Crippen LogP contribution in [0, 0.1) is 13.8 Å². The van der Waals surface area contributed by atoms with E-state index in [-0.39, 0.29) is 12.5 Å². The average Bonchev–Trinajstić information content (AvgIpc) is 2.36. The van der Waals surface area contributed by atoms with Gasteiger partial charge < -0.3 is 15.6 Å². The summed E-state index contributed by atoms with van der Waals surface area (Å²) in [5.41, 5.74) is 8.60. The Bertz CT molecular complexity index is 435. The van der Waals surface area contributed by atoms with Gasteiger partial charge in [-0.05, 0) is 50.3 Å². The number of nitrogens with two attached hydrogens (primary N) is 1. The number of benzene rings is 1. The fraction of sp³-hybridized carbons (Fsp3) is 0.600. The molecule has 0 heterocycles. The van der Waals surface area contributed by atoms with E-state index in [1.54, 1.807) is 0 Å². The van der Waals surface area contributed by atoms with Crippen molar-refractivity contribution in [2.24, 2.45) is 5.73 Å². The van der Waals surface area contributed by atoms with Gasteiger partial charge in [-0.15, -0.1) is 0 Å². The summed E-state index contributed by atoms with van der Waals surface area (Å²) < 4.78 is 5.72. The van der Waals surface area contributed by atoms with Gasteiger partial charge in [0.25, 0.3) is 0 Å². The molecule has 1 aromatic rings. The molecule has 0 spiro atoms. The predicted molar refractivity (Wildman–Crippen MR) is 80.2 cm³/mol. The Morgan fingerprint density at radius 2 is 2.05 bits per heavy atom. The Labute approximate surface area is 120 Å². The molecule has 1 aromatic carbocycles. The second-order valence-electron chi connectivity index (χ2n) is 5.00. The highest BCUT2D eigenvalue weighted by atomic mass is 35.5. The molecule has 3 nitrogen and oxygen atoms in total. The molecule has 3 N–H and O–H groups in total. The van der Waals surface area contributed by atoms with Crippen molar-refractivity contribution in [3.63, 3.8) is 0 Å². The number of halogens is 1. The summed E-state index contributed by atoms with van der Waals surface area (Å²) in [7, 11) is 0. The van der Waals surface area contributed by atoms with Gasteiger partial charge in [-0.2, -0.15) is 0 Å². The van der Waals surface area contributed by atoms with E-state index in [1.807, 2.05) is 26.8 Å². The molecule has 2 atom stereocenters. The third kappa shape index (κ3) is 3.85. The first-order valence-corrected chi connectivity index (χ1v) is 7.10. The minimum atomic E-state index is -0.496. The maximum Gasteiger partial charge on any atom is 0.123 e. The van der Waals surface area contributed by atoms with Crippen molar-refractivity contribution in [1.82, 2.24) is 0 Å².